The van der Waals surface area contributed by atoms with Gasteiger partial charge in [-0.2, -0.15) is 0 Å². The van der Waals surface area contributed by atoms with Gasteiger partial charge in [-0.15, -0.1) is 0 Å². The van der Waals surface area contributed by atoms with Gasteiger partial charge in [0, 0.05) is 25.0 Å². The van der Waals surface area contributed by atoms with Gasteiger partial charge in [0.25, 0.3) is 0 Å². The minimum absolute atomic E-state index is 0.124. The highest BCUT2D eigenvalue weighted by atomic mass is 16.6. The molecule has 2 aliphatic heterocycles. The van der Waals surface area contributed by atoms with E-state index in [0.717, 1.165) is 39.0 Å². The summed E-state index contributed by atoms with van der Waals surface area (Å²) in [6.45, 7) is 9.39. The highest BCUT2D eigenvalue weighted by molar-refractivity contribution is 5.68. The van der Waals surface area contributed by atoms with Crippen molar-refractivity contribution in [2.45, 2.75) is 39.2 Å². The van der Waals surface area contributed by atoms with E-state index >= 15 is 0 Å². The molecule has 0 aromatic carbocycles. The Bertz CT molecular complexity index is 479. The lowest BCUT2D eigenvalue weighted by atomic mass is 9.86. The zero-order valence-electron chi connectivity index (χ0n) is 14.0. The number of rotatable bonds is 3. The molecule has 0 aliphatic carbocycles. The van der Waals surface area contributed by atoms with E-state index in [0.29, 0.717) is 12.3 Å². The minimum Gasteiger partial charge on any atom is -0.489 e. The number of likely N-dealkylation sites (tertiary alicyclic amines) is 2. The third-order valence-corrected chi connectivity index (χ3v) is 4.33. The molecule has 2 aliphatic rings. The highest BCUT2D eigenvalue weighted by Gasteiger charge is 2.45. The van der Waals surface area contributed by atoms with Gasteiger partial charge in [0.2, 0.25) is 0 Å². The monoisotopic (exact) mass is 310 g/mol. The van der Waals surface area contributed by atoms with E-state index in [1.54, 1.807) is 0 Å². The Labute approximate surface area is 132 Å². The summed E-state index contributed by atoms with van der Waals surface area (Å²) in [6, 6.07) is 0. The average molecular weight is 310 g/mol. The first-order valence-electron chi connectivity index (χ1n) is 7.75. The van der Waals surface area contributed by atoms with Crippen molar-refractivity contribution >= 4 is 12.0 Å². The zero-order valence-corrected chi connectivity index (χ0v) is 14.0. The van der Waals surface area contributed by atoms with Crippen LogP contribution in [0.5, 0.6) is 0 Å². The topological polar surface area (TPSA) is 59.1 Å². The minimum atomic E-state index is -0.462. The first-order chi connectivity index (χ1) is 10.3. The third kappa shape index (κ3) is 4.02. The van der Waals surface area contributed by atoms with Crippen molar-refractivity contribution in [3.05, 3.63) is 5.76 Å². The van der Waals surface area contributed by atoms with Crippen LogP contribution in [-0.2, 0) is 14.3 Å². The molecule has 1 amide bonds. The van der Waals surface area contributed by atoms with Gasteiger partial charge < -0.3 is 14.4 Å². The normalized spacial score (nSPS) is 25.4. The number of hydrogen-bond donors (Lipinski definition) is 0. The lowest BCUT2D eigenvalue weighted by Gasteiger charge is -2.27. The molecule has 22 heavy (non-hydrogen) atoms. The number of ether oxygens (including phenoxy) is 2. The van der Waals surface area contributed by atoms with Crippen LogP contribution in [0.3, 0.4) is 0 Å². The summed E-state index contributed by atoms with van der Waals surface area (Å²) in [5.74, 6) is 2.16. The Hall–Kier alpha value is -1.52. The van der Waals surface area contributed by atoms with Crippen LogP contribution in [0.4, 0.5) is 4.79 Å². The Kier molecular flexibility index (Phi) is 4.83. The first-order valence-corrected chi connectivity index (χ1v) is 7.75. The molecule has 6 nitrogen and oxygen atoms in total. The molecule has 1 unspecified atom stereocenters. The summed E-state index contributed by atoms with van der Waals surface area (Å²) >= 11 is 0. The molecule has 0 saturated carbocycles. The second-order valence-corrected chi connectivity index (χ2v) is 7.34. The largest absolute Gasteiger partial charge is 0.489 e. The van der Waals surface area contributed by atoms with Crippen molar-refractivity contribution in [1.29, 1.82) is 0 Å². The molecule has 0 aromatic rings. The van der Waals surface area contributed by atoms with Crippen molar-refractivity contribution in [2.24, 2.45) is 5.41 Å². The van der Waals surface area contributed by atoms with E-state index in [1.165, 1.54) is 7.11 Å². The summed E-state index contributed by atoms with van der Waals surface area (Å²) in [5.41, 5.74) is -0.338. The highest BCUT2D eigenvalue weighted by Crippen LogP contribution is 2.40. The lowest BCUT2D eigenvalue weighted by Crippen LogP contribution is -2.37. The van der Waals surface area contributed by atoms with Crippen LogP contribution >= 0.6 is 0 Å². The van der Waals surface area contributed by atoms with E-state index < -0.39 is 5.60 Å². The van der Waals surface area contributed by atoms with Gasteiger partial charge in [-0.1, -0.05) is 0 Å². The molecule has 0 N–H and O–H groups in total. The smallest absolute Gasteiger partial charge is 0.410 e. The molecule has 1 spiro atoms. The number of carbonyl (C=O) groups excluding carboxylic acids is 2. The molecule has 2 heterocycles. The summed E-state index contributed by atoms with van der Waals surface area (Å²) < 4.78 is 10.4. The third-order valence-electron chi connectivity index (χ3n) is 4.33. The van der Waals surface area contributed by atoms with Crippen molar-refractivity contribution < 1.29 is 19.1 Å². The maximum absolute atomic E-state index is 12.2. The van der Waals surface area contributed by atoms with Gasteiger partial charge in [0.05, 0.1) is 13.7 Å². The molecule has 124 valence electrons. The number of nitrogens with zero attached hydrogens (tertiary/aromatic N) is 2. The average Bonchev–Trinajstić information content (AvgIpc) is 3.02. The van der Waals surface area contributed by atoms with E-state index in [4.69, 9.17) is 9.47 Å². The van der Waals surface area contributed by atoms with Gasteiger partial charge in [-0.25, -0.2) is 9.59 Å². The second kappa shape index (κ2) is 6.31. The van der Waals surface area contributed by atoms with Crippen LogP contribution in [0, 0.1) is 5.41 Å². The molecule has 0 bridgehead atoms. The zero-order chi connectivity index (χ0) is 16.4. The fraction of sp³-hybridized carbons (Fsp3) is 0.812. The van der Waals surface area contributed by atoms with Gasteiger partial charge in [-0.3, -0.25) is 4.90 Å². The van der Waals surface area contributed by atoms with Crippen LogP contribution in [0.25, 0.3) is 0 Å². The second-order valence-electron chi connectivity index (χ2n) is 7.34. The predicted molar refractivity (Wildman–Crippen MR) is 82.1 cm³/mol. The Morgan fingerprint density at radius 3 is 2.50 bits per heavy atom. The molecule has 2 fully saturated rings. The quantitative estimate of drug-likeness (QED) is 0.586. The summed E-state index contributed by atoms with van der Waals surface area (Å²) in [6.07, 6.45) is 1.78. The van der Waals surface area contributed by atoms with Crippen molar-refractivity contribution in [2.75, 3.05) is 39.8 Å². The lowest BCUT2D eigenvalue weighted by molar-refractivity contribution is 0.0274. The molecule has 6 heteroatoms. The van der Waals surface area contributed by atoms with E-state index in [-0.39, 0.29) is 11.5 Å². The Morgan fingerprint density at radius 1 is 1.23 bits per heavy atom. The molecule has 2 rings (SSSR count). The number of carbonyl (C=O) groups is 1. The molecular weight excluding hydrogens is 284 g/mol. The van der Waals surface area contributed by atoms with Crippen LogP contribution in [0.15, 0.2) is 5.76 Å². The number of hydrogen-bond acceptors (Lipinski definition) is 5. The maximum Gasteiger partial charge on any atom is 0.410 e. The van der Waals surface area contributed by atoms with Crippen LogP contribution in [0.1, 0.15) is 33.6 Å². The van der Waals surface area contributed by atoms with Gasteiger partial charge in [0.15, 0.2) is 11.7 Å². The van der Waals surface area contributed by atoms with Crippen LogP contribution in [-0.4, -0.2) is 67.3 Å². The maximum atomic E-state index is 12.2. The summed E-state index contributed by atoms with van der Waals surface area (Å²) in [4.78, 5) is 26.9. The van der Waals surface area contributed by atoms with Crippen molar-refractivity contribution in [1.82, 2.24) is 9.80 Å². The SMILES string of the molecule is COC(=C=O)CN1CCC2(CCN(C(=O)OC(C)(C)C)C2)C1. The van der Waals surface area contributed by atoms with Gasteiger partial charge in [0.1, 0.15) is 5.60 Å². The predicted octanol–water partition coefficient (Wildman–Crippen LogP) is 1.68. The van der Waals surface area contributed by atoms with Crippen LogP contribution in [0.2, 0.25) is 0 Å². The fourth-order valence-electron chi connectivity index (χ4n) is 3.25. The van der Waals surface area contributed by atoms with E-state index in [9.17, 15) is 9.59 Å². The fourth-order valence-corrected chi connectivity index (χ4v) is 3.25. The van der Waals surface area contributed by atoms with Crippen molar-refractivity contribution in [3.8, 4) is 0 Å². The standard InChI is InChI=1S/C16H26N2O4/c1-15(2,3)22-14(20)18-8-6-16(12-18)5-7-17(11-16)9-13(10-19)21-4/h5-9,11-12H2,1-4H3. The molecule has 2 saturated heterocycles. The molecular formula is C16H26N2O4. The van der Waals surface area contributed by atoms with Gasteiger partial charge >= 0.3 is 6.09 Å². The van der Waals surface area contributed by atoms with Crippen LogP contribution < -0.4 is 0 Å². The Morgan fingerprint density at radius 2 is 1.91 bits per heavy atom. The van der Waals surface area contributed by atoms with E-state index in [2.05, 4.69) is 4.90 Å². The van der Waals surface area contributed by atoms with E-state index in [1.807, 2.05) is 31.6 Å². The molecule has 1 atom stereocenters. The summed E-state index contributed by atoms with van der Waals surface area (Å²) in [5, 5.41) is 0. The van der Waals surface area contributed by atoms with Gasteiger partial charge in [-0.05, 0) is 40.2 Å². The number of methoxy groups -OCH3 is 1. The Balaban J connectivity index is 1.90. The first kappa shape index (κ1) is 16.8. The van der Waals surface area contributed by atoms with Crippen molar-refractivity contribution in [3.63, 3.8) is 0 Å². The number of amides is 1. The summed E-state index contributed by atoms with van der Waals surface area (Å²) in [7, 11) is 1.49. The molecule has 0 aromatic heterocycles. The molecule has 0 radical (unpaired) electrons.